The second kappa shape index (κ2) is 6.29. The van der Waals surface area contributed by atoms with E-state index in [4.69, 9.17) is 20.8 Å². The lowest BCUT2D eigenvalue weighted by Gasteiger charge is -2.10. The predicted octanol–water partition coefficient (Wildman–Crippen LogP) is 2.88. The number of amides is 1. The average Bonchev–Trinajstić information content (AvgIpc) is 2.97. The highest BCUT2D eigenvalue weighted by Gasteiger charge is 2.17. The van der Waals surface area contributed by atoms with E-state index in [2.05, 4.69) is 5.32 Å². The van der Waals surface area contributed by atoms with Crippen LogP contribution in [0.1, 0.15) is 16.7 Å². The molecule has 0 radical (unpaired) electrons. The number of nitrogens with one attached hydrogen (secondary N) is 1. The highest BCUT2D eigenvalue weighted by Crippen LogP contribution is 2.23. The molecule has 1 aromatic heterocycles. The van der Waals surface area contributed by atoms with Crippen molar-refractivity contribution < 1.29 is 13.9 Å². The van der Waals surface area contributed by atoms with Crippen LogP contribution in [-0.4, -0.2) is 13.0 Å². The normalized spacial score (nSPS) is 11.9. The van der Waals surface area contributed by atoms with Crippen LogP contribution in [-0.2, 0) is 11.3 Å². The van der Waals surface area contributed by atoms with E-state index >= 15 is 0 Å². The molecule has 1 unspecified atom stereocenters. The van der Waals surface area contributed by atoms with Crippen molar-refractivity contribution in [3.8, 4) is 5.75 Å². The van der Waals surface area contributed by atoms with E-state index in [1.165, 1.54) is 0 Å². The summed E-state index contributed by atoms with van der Waals surface area (Å²) in [4.78, 5) is 11.9. The van der Waals surface area contributed by atoms with E-state index in [1.807, 2.05) is 0 Å². The smallest absolute Gasteiger partial charge is 0.242 e. The molecule has 4 nitrogen and oxygen atoms in total. The van der Waals surface area contributed by atoms with Gasteiger partial charge in [-0.05, 0) is 29.8 Å². The molecule has 0 aliphatic rings. The van der Waals surface area contributed by atoms with Crippen LogP contribution in [0.4, 0.5) is 0 Å². The lowest BCUT2D eigenvalue weighted by molar-refractivity contribution is -0.121. The number of methoxy groups -OCH3 is 1. The first-order chi connectivity index (χ1) is 9.20. The molecule has 5 heteroatoms. The van der Waals surface area contributed by atoms with Crippen molar-refractivity contribution in [1.82, 2.24) is 5.32 Å². The van der Waals surface area contributed by atoms with Gasteiger partial charge in [0.15, 0.2) is 0 Å². The summed E-state index contributed by atoms with van der Waals surface area (Å²) >= 11 is 6.11. The number of ether oxygens (including phenoxy) is 1. The second-order valence-corrected chi connectivity index (χ2v) is 4.37. The molecule has 1 heterocycles. The highest BCUT2D eigenvalue weighted by molar-refractivity contribution is 6.30. The van der Waals surface area contributed by atoms with Gasteiger partial charge in [-0.3, -0.25) is 4.79 Å². The van der Waals surface area contributed by atoms with Gasteiger partial charge in [-0.25, -0.2) is 0 Å². The van der Waals surface area contributed by atoms with Gasteiger partial charge in [0.2, 0.25) is 5.91 Å². The number of alkyl halides is 1. The first-order valence-corrected chi connectivity index (χ1v) is 6.22. The van der Waals surface area contributed by atoms with Crippen LogP contribution in [0.15, 0.2) is 47.1 Å². The molecule has 1 atom stereocenters. The molecule has 0 fully saturated rings. The van der Waals surface area contributed by atoms with Gasteiger partial charge >= 0.3 is 0 Å². The van der Waals surface area contributed by atoms with Crippen LogP contribution in [0.3, 0.4) is 0 Å². The molecule has 0 saturated carbocycles. The molecule has 1 N–H and O–H groups in total. The van der Waals surface area contributed by atoms with Gasteiger partial charge in [-0.15, -0.1) is 11.6 Å². The summed E-state index contributed by atoms with van der Waals surface area (Å²) in [5.74, 6) is 1.15. The van der Waals surface area contributed by atoms with Crippen molar-refractivity contribution in [2.45, 2.75) is 11.9 Å². The number of rotatable bonds is 5. The van der Waals surface area contributed by atoms with E-state index in [9.17, 15) is 4.79 Å². The third-order valence-corrected chi connectivity index (χ3v) is 3.11. The van der Waals surface area contributed by atoms with Gasteiger partial charge in [0.1, 0.15) is 16.9 Å². The summed E-state index contributed by atoms with van der Waals surface area (Å²) in [6, 6.07) is 10.6. The molecule has 19 heavy (non-hydrogen) atoms. The van der Waals surface area contributed by atoms with Crippen LogP contribution in [0, 0.1) is 0 Å². The molecule has 2 aromatic rings. The SMILES string of the molecule is COc1ccc(C(Cl)C(=O)NCc2ccco2)cc1. The largest absolute Gasteiger partial charge is 0.497 e. The van der Waals surface area contributed by atoms with E-state index in [-0.39, 0.29) is 5.91 Å². The summed E-state index contributed by atoms with van der Waals surface area (Å²) in [5, 5.41) is 1.98. The third kappa shape index (κ3) is 3.51. The Bertz CT molecular complexity index is 522. The van der Waals surface area contributed by atoms with Crippen LogP contribution in [0.5, 0.6) is 5.75 Å². The molecular weight excluding hydrogens is 266 g/mol. The predicted molar refractivity (Wildman–Crippen MR) is 72.1 cm³/mol. The van der Waals surface area contributed by atoms with Gasteiger partial charge in [0, 0.05) is 0 Å². The Hall–Kier alpha value is -1.94. The summed E-state index contributed by atoms with van der Waals surface area (Å²) in [6.07, 6.45) is 1.56. The van der Waals surface area contributed by atoms with Crippen molar-refractivity contribution in [1.29, 1.82) is 0 Å². The van der Waals surface area contributed by atoms with E-state index < -0.39 is 5.38 Å². The fraction of sp³-hybridized carbons (Fsp3) is 0.214. The summed E-state index contributed by atoms with van der Waals surface area (Å²) in [5.41, 5.74) is 0.722. The summed E-state index contributed by atoms with van der Waals surface area (Å²) < 4.78 is 10.2. The topological polar surface area (TPSA) is 51.5 Å². The maximum atomic E-state index is 11.9. The lowest BCUT2D eigenvalue weighted by atomic mass is 10.1. The number of benzene rings is 1. The number of hydrogen-bond acceptors (Lipinski definition) is 3. The number of furan rings is 1. The van der Waals surface area contributed by atoms with Gasteiger partial charge in [-0.2, -0.15) is 0 Å². The van der Waals surface area contributed by atoms with Crippen molar-refractivity contribution in [3.05, 3.63) is 54.0 Å². The second-order valence-electron chi connectivity index (χ2n) is 3.93. The summed E-state index contributed by atoms with van der Waals surface area (Å²) in [6.45, 7) is 0.325. The fourth-order valence-corrected chi connectivity index (χ4v) is 1.82. The highest BCUT2D eigenvalue weighted by atomic mass is 35.5. The zero-order valence-corrected chi connectivity index (χ0v) is 11.2. The first-order valence-electron chi connectivity index (χ1n) is 5.79. The van der Waals surface area contributed by atoms with Crippen LogP contribution in [0.25, 0.3) is 0 Å². The van der Waals surface area contributed by atoms with Gasteiger partial charge < -0.3 is 14.5 Å². The molecule has 0 aliphatic carbocycles. The summed E-state index contributed by atoms with van der Waals surface area (Å²) in [7, 11) is 1.59. The fourth-order valence-electron chi connectivity index (χ4n) is 1.60. The molecule has 0 aliphatic heterocycles. The van der Waals surface area contributed by atoms with Crippen molar-refractivity contribution in [2.75, 3.05) is 7.11 Å². The first kappa shape index (κ1) is 13.5. The van der Waals surface area contributed by atoms with Crippen LogP contribution < -0.4 is 10.1 Å². The molecule has 1 aromatic carbocycles. The van der Waals surface area contributed by atoms with Crippen molar-refractivity contribution in [2.24, 2.45) is 0 Å². The Labute approximate surface area is 116 Å². The van der Waals surface area contributed by atoms with E-state index in [1.54, 1.807) is 49.8 Å². The average molecular weight is 280 g/mol. The number of carbonyl (C=O) groups is 1. The maximum absolute atomic E-state index is 11.9. The maximum Gasteiger partial charge on any atom is 0.242 e. The lowest BCUT2D eigenvalue weighted by Crippen LogP contribution is -2.26. The standard InChI is InChI=1S/C14H14ClNO3/c1-18-11-6-4-10(5-7-11)13(15)14(17)16-9-12-3-2-8-19-12/h2-8,13H,9H2,1H3,(H,16,17). The molecule has 100 valence electrons. The van der Waals surface area contributed by atoms with Gasteiger partial charge in [0.05, 0.1) is 19.9 Å². The Morgan fingerprint density at radius 3 is 2.68 bits per heavy atom. The molecule has 2 rings (SSSR count). The van der Waals surface area contributed by atoms with Crippen molar-refractivity contribution >= 4 is 17.5 Å². The van der Waals surface area contributed by atoms with Crippen molar-refractivity contribution in [3.63, 3.8) is 0 Å². The number of hydrogen-bond donors (Lipinski definition) is 1. The van der Waals surface area contributed by atoms with E-state index in [0.29, 0.717) is 12.3 Å². The molecule has 1 amide bonds. The molecule has 0 saturated heterocycles. The minimum absolute atomic E-state index is 0.261. The minimum Gasteiger partial charge on any atom is -0.497 e. The van der Waals surface area contributed by atoms with Gasteiger partial charge in [0.25, 0.3) is 0 Å². The number of carbonyl (C=O) groups excluding carboxylic acids is 1. The number of halogens is 1. The molecule has 0 spiro atoms. The minimum atomic E-state index is -0.735. The van der Waals surface area contributed by atoms with Crippen LogP contribution >= 0.6 is 11.6 Å². The third-order valence-electron chi connectivity index (χ3n) is 2.66. The zero-order valence-electron chi connectivity index (χ0n) is 10.4. The quantitative estimate of drug-likeness (QED) is 0.856. The van der Waals surface area contributed by atoms with Gasteiger partial charge in [-0.1, -0.05) is 12.1 Å². The zero-order chi connectivity index (χ0) is 13.7. The Balaban J connectivity index is 1.94. The van der Waals surface area contributed by atoms with E-state index in [0.717, 1.165) is 11.3 Å². The monoisotopic (exact) mass is 279 g/mol. The Kier molecular flexibility index (Phi) is 4.47. The van der Waals surface area contributed by atoms with Crippen LogP contribution in [0.2, 0.25) is 0 Å². The Morgan fingerprint density at radius 2 is 2.11 bits per heavy atom. The molecular formula is C14H14ClNO3. The molecule has 0 bridgehead atoms. The Morgan fingerprint density at radius 1 is 1.37 bits per heavy atom.